The Bertz CT molecular complexity index is 762. The van der Waals surface area contributed by atoms with E-state index in [1.165, 1.54) is 17.7 Å². The van der Waals surface area contributed by atoms with E-state index in [4.69, 9.17) is 10.5 Å². The van der Waals surface area contributed by atoms with Crippen LogP contribution in [-0.2, 0) is 12.6 Å². The van der Waals surface area contributed by atoms with E-state index in [1.54, 1.807) is 0 Å². The van der Waals surface area contributed by atoms with Gasteiger partial charge in [0.2, 0.25) is 0 Å². The van der Waals surface area contributed by atoms with Crippen LogP contribution in [0.5, 0.6) is 5.75 Å². The van der Waals surface area contributed by atoms with Gasteiger partial charge in [0.05, 0.1) is 12.1 Å². The summed E-state index contributed by atoms with van der Waals surface area (Å²) in [6, 6.07) is 12.1. The van der Waals surface area contributed by atoms with Crippen molar-refractivity contribution in [3.63, 3.8) is 0 Å². The summed E-state index contributed by atoms with van der Waals surface area (Å²) in [4.78, 5) is 4.00. The molecule has 0 saturated heterocycles. The fraction of sp³-hybridized carbons (Fsp3) is 0.316. The molecule has 0 aliphatic rings. The third-order valence-electron chi connectivity index (χ3n) is 3.71. The molecule has 146 valence electrons. The number of anilines is 1. The lowest BCUT2D eigenvalue weighted by molar-refractivity contribution is -0.137. The van der Waals surface area contributed by atoms with Crippen LogP contribution in [-0.4, -0.2) is 30.3 Å². The molecule has 0 heterocycles. The second-order valence-electron chi connectivity index (χ2n) is 5.89. The second-order valence-corrected chi connectivity index (χ2v) is 5.89. The Morgan fingerprint density at radius 2 is 1.93 bits per heavy atom. The number of nitrogens with zero attached hydrogens (tertiary/aromatic N) is 1. The van der Waals surface area contributed by atoms with Crippen LogP contribution in [0.3, 0.4) is 0 Å². The highest BCUT2D eigenvalue weighted by atomic mass is 19.4. The van der Waals surface area contributed by atoms with E-state index in [-0.39, 0.29) is 24.9 Å². The molecule has 2 aromatic rings. The van der Waals surface area contributed by atoms with Crippen LogP contribution in [0.15, 0.2) is 53.5 Å². The summed E-state index contributed by atoms with van der Waals surface area (Å²) < 4.78 is 43.2. The highest BCUT2D eigenvalue weighted by Crippen LogP contribution is 2.31. The molecular weight excluding hydrogens is 359 g/mol. The van der Waals surface area contributed by atoms with E-state index in [9.17, 15) is 18.3 Å². The number of aryl methyl sites for hydroxylation is 1. The van der Waals surface area contributed by atoms with Crippen LogP contribution < -0.4 is 15.8 Å². The van der Waals surface area contributed by atoms with E-state index in [0.29, 0.717) is 0 Å². The maximum atomic E-state index is 12.7. The third kappa shape index (κ3) is 6.82. The zero-order valence-electron chi connectivity index (χ0n) is 14.8. The van der Waals surface area contributed by atoms with Gasteiger partial charge >= 0.3 is 6.18 Å². The Hall–Kier alpha value is -2.74. The monoisotopic (exact) mass is 381 g/mol. The van der Waals surface area contributed by atoms with Crippen molar-refractivity contribution in [3.8, 4) is 5.75 Å². The number of benzene rings is 2. The summed E-state index contributed by atoms with van der Waals surface area (Å²) in [6.07, 6.45) is -4.53. The Morgan fingerprint density at radius 3 is 2.56 bits per heavy atom. The van der Waals surface area contributed by atoms with Gasteiger partial charge < -0.3 is 20.9 Å². The summed E-state index contributed by atoms with van der Waals surface area (Å²) in [5.74, 6) is 0.146. The minimum Gasteiger partial charge on any atom is -0.491 e. The Kier molecular flexibility index (Phi) is 7.06. The van der Waals surface area contributed by atoms with Gasteiger partial charge in [-0.15, -0.1) is 0 Å². The third-order valence-corrected chi connectivity index (χ3v) is 3.71. The zero-order chi connectivity index (χ0) is 19.9. The zero-order valence-corrected chi connectivity index (χ0v) is 14.8. The molecule has 0 spiro atoms. The first kappa shape index (κ1) is 20.6. The molecule has 1 unspecified atom stereocenters. The number of alkyl halides is 3. The van der Waals surface area contributed by atoms with Gasteiger partial charge in [-0.3, -0.25) is 4.99 Å². The minimum absolute atomic E-state index is 0.0231. The number of nitrogens with one attached hydrogen (secondary N) is 1. The molecule has 2 aromatic carbocycles. The summed E-state index contributed by atoms with van der Waals surface area (Å²) in [7, 11) is 0. The first-order valence-corrected chi connectivity index (χ1v) is 8.42. The quantitative estimate of drug-likeness (QED) is 0.507. The molecule has 4 N–H and O–H groups in total. The molecular formula is C19H22F3N3O2. The fourth-order valence-electron chi connectivity index (χ4n) is 2.22. The van der Waals surface area contributed by atoms with Crippen molar-refractivity contribution in [2.45, 2.75) is 25.6 Å². The van der Waals surface area contributed by atoms with Gasteiger partial charge in [-0.05, 0) is 42.3 Å². The summed E-state index contributed by atoms with van der Waals surface area (Å²) in [6.45, 7) is 1.80. The maximum Gasteiger partial charge on any atom is 0.416 e. The molecule has 0 radical (unpaired) electrons. The van der Waals surface area contributed by atoms with Crippen molar-refractivity contribution in [3.05, 3.63) is 59.7 Å². The first-order chi connectivity index (χ1) is 12.8. The number of aliphatic imine (C=N–C) groups is 1. The number of hydrogen-bond acceptors (Lipinski definition) is 3. The molecule has 8 heteroatoms. The van der Waals surface area contributed by atoms with Gasteiger partial charge in [0.1, 0.15) is 18.5 Å². The van der Waals surface area contributed by atoms with Gasteiger partial charge in [0, 0.05) is 5.69 Å². The van der Waals surface area contributed by atoms with Crippen LogP contribution in [0, 0.1) is 0 Å². The molecule has 0 fully saturated rings. The van der Waals surface area contributed by atoms with Crippen molar-refractivity contribution in [2.75, 3.05) is 18.5 Å². The largest absolute Gasteiger partial charge is 0.491 e. The van der Waals surface area contributed by atoms with Crippen LogP contribution >= 0.6 is 0 Å². The maximum absolute atomic E-state index is 12.7. The molecule has 0 amide bonds. The van der Waals surface area contributed by atoms with Gasteiger partial charge in [0.15, 0.2) is 5.96 Å². The van der Waals surface area contributed by atoms with Crippen molar-refractivity contribution < 1.29 is 23.0 Å². The van der Waals surface area contributed by atoms with E-state index in [1.807, 2.05) is 24.3 Å². The van der Waals surface area contributed by atoms with E-state index >= 15 is 0 Å². The topological polar surface area (TPSA) is 79.9 Å². The van der Waals surface area contributed by atoms with E-state index in [2.05, 4.69) is 17.2 Å². The van der Waals surface area contributed by atoms with Gasteiger partial charge in [-0.25, -0.2) is 0 Å². The summed E-state index contributed by atoms with van der Waals surface area (Å²) in [5.41, 5.74) is 6.91. The van der Waals surface area contributed by atoms with Crippen LogP contribution in [0.1, 0.15) is 18.1 Å². The van der Waals surface area contributed by atoms with Gasteiger partial charge in [-0.1, -0.05) is 25.1 Å². The average Bonchev–Trinajstić information content (AvgIpc) is 2.65. The van der Waals surface area contributed by atoms with Crippen molar-refractivity contribution >= 4 is 11.6 Å². The molecule has 5 nitrogen and oxygen atoms in total. The number of aliphatic hydroxyl groups is 1. The molecule has 0 saturated carbocycles. The Balaban J connectivity index is 1.82. The summed E-state index contributed by atoms with van der Waals surface area (Å²) >= 11 is 0. The lowest BCUT2D eigenvalue weighted by Gasteiger charge is -2.13. The number of nitrogens with two attached hydrogens (primary N) is 1. The smallest absolute Gasteiger partial charge is 0.416 e. The summed E-state index contributed by atoms with van der Waals surface area (Å²) in [5, 5.41) is 12.8. The van der Waals surface area contributed by atoms with E-state index in [0.717, 1.165) is 24.2 Å². The number of rotatable bonds is 7. The van der Waals surface area contributed by atoms with Crippen molar-refractivity contribution in [2.24, 2.45) is 10.7 Å². The van der Waals surface area contributed by atoms with Crippen LogP contribution in [0.2, 0.25) is 0 Å². The van der Waals surface area contributed by atoms with Crippen LogP contribution in [0.25, 0.3) is 0 Å². The molecule has 0 aliphatic heterocycles. The fourth-order valence-corrected chi connectivity index (χ4v) is 2.22. The lowest BCUT2D eigenvalue weighted by atomic mass is 10.1. The van der Waals surface area contributed by atoms with Gasteiger partial charge in [0.25, 0.3) is 0 Å². The van der Waals surface area contributed by atoms with Crippen LogP contribution in [0.4, 0.5) is 18.9 Å². The number of guanidine groups is 1. The van der Waals surface area contributed by atoms with Crippen molar-refractivity contribution in [1.82, 2.24) is 0 Å². The SMILES string of the molecule is CCc1ccc(NC(N)=NCC(O)COc2cccc(C(F)(F)F)c2)cc1. The minimum atomic E-state index is -4.45. The number of aliphatic hydroxyl groups excluding tert-OH is 1. The second kappa shape index (κ2) is 9.27. The van der Waals surface area contributed by atoms with E-state index < -0.39 is 17.8 Å². The standard InChI is InChI=1S/C19H22F3N3O2/c1-2-13-6-8-15(9-7-13)25-18(23)24-11-16(26)12-27-17-5-3-4-14(10-17)19(20,21)22/h3-10,16,26H,2,11-12H2,1H3,(H3,23,24,25). The lowest BCUT2D eigenvalue weighted by Crippen LogP contribution is -2.27. The first-order valence-electron chi connectivity index (χ1n) is 8.42. The van der Waals surface area contributed by atoms with Crippen molar-refractivity contribution in [1.29, 1.82) is 0 Å². The molecule has 0 aliphatic carbocycles. The molecule has 0 aromatic heterocycles. The number of ether oxygens (including phenoxy) is 1. The number of hydrogen-bond donors (Lipinski definition) is 3. The Labute approximate surface area is 155 Å². The average molecular weight is 381 g/mol. The molecule has 27 heavy (non-hydrogen) atoms. The highest BCUT2D eigenvalue weighted by Gasteiger charge is 2.30. The molecule has 0 bridgehead atoms. The highest BCUT2D eigenvalue weighted by molar-refractivity contribution is 5.92. The van der Waals surface area contributed by atoms with Gasteiger partial charge in [-0.2, -0.15) is 13.2 Å². The number of halogens is 3. The molecule has 1 atom stereocenters. The normalized spacial score (nSPS) is 13.3. The Morgan fingerprint density at radius 1 is 1.22 bits per heavy atom. The predicted octanol–water partition coefficient (Wildman–Crippen LogP) is 3.43. The molecule has 2 rings (SSSR count). The predicted molar refractivity (Wildman–Crippen MR) is 98.9 cm³/mol.